The second-order valence-electron chi connectivity index (χ2n) is 1.69. The zero-order chi connectivity index (χ0) is 6.41. The lowest BCUT2D eigenvalue weighted by Gasteiger charge is -1.96. The minimum Gasteiger partial charge on any atom is -0.466 e. The Hall–Kier alpha value is -0.0500. The molecule has 56 valence electrons. The fraction of sp³-hybridized carbons (Fsp3) is 0.833. The molecule has 0 aromatic rings. The van der Waals surface area contributed by atoms with E-state index in [2.05, 4.69) is 11.7 Å². The van der Waals surface area contributed by atoms with Crippen LogP contribution in [-0.4, -0.2) is 12.6 Å². The molecule has 0 fully saturated rings. The van der Waals surface area contributed by atoms with Crippen molar-refractivity contribution >= 4 is 23.0 Å². The van der Waals surface area contributed by atoms with Crippen molar-refractivity contribution in [1.29, 1.82) is 0 Å². The number of esters is 1. The van der Waals surface area contributed by atoms with Crippen molar-refractivity contribution in [3.63, 3.8) is 0 Å². The molecule has 0 saturated heterocycles. The zero-order valence-electron chi connectivity index (χ0n) is 5.85. The Balaban J connectivity index is 0. The molecule has 0 aromatic heterocycles. The van der Waals surface area contributed by atoms with Gasteiger partial charge in [-0.3, -0.25) is 4.79 Å². The van der Waals surface area contributed by atoms with Crippen molar-refractivity contribution < 1.29 is 9.53 Å². The van der Waals surface area contributed by atoms with E-state index in [1.165, 1.54) is 6.92 Å². The van der Waals surface area contributed by atoms with E-state index in [-0.39, 0.29) is 23.0 Å². The number of carbonyl (C=O) groups is 1. The zero-order valence-corrected chi connectivity index (χ0v) is 7.56. The van der Waals surface area contributed by atoms with Gasteiger partial charge < -0.3 is 4.74 Å². The fourth-order valence-electron chi connectivity index (χ4n) is 0.360. The molecule has 0 rings (SSSR count). The summed E-state index contributed by atoms with van der Waals surface area (Å²) in [5.41, 5.74) is 0. The molecule has 0 saturated carbocycles. The maximum absolute atomic E-state index is 10.1. The molecule has 0 aliphatic heterocycles. The number of halogens is 1. The summed E-state index contributed by atoms with van der Waals surface area (Å²) in [6.07, 6.45) is 2.05. The average molecular weight is 197 g/mol. The van der Waals surface area contributed by atoms with Gasteiger partial charge in [0.1, 0.15) is 0 Å². The van der Waals surface area contributed by atoms with E-state index in [1.54, 1.807) is 0 Å². The minimum absolute atomic E-state index is 0. The minimum atomic E-state index is -0.182. The largest absolute Gasteiger partial charge is 0.466 e. The van der Waals surface area contributed by atoms with Gasteiger partial charge in [0, 0.05) is 6.92 Å². The lowest BCUT2D eigenvalue weighted by atomic mass is 10.4. The third-order valence-electron chi connectivity index (χ3n) is 0.803. The third kappa shape index (κ3) is 11.5. The van der Waals surface area contributed by atoms with Crippen LogP contribution >= 0.6 is 17.0 Å². The van der Waals surface area contributed by atoms with Crippen LogP contribution in [0, 0.1) is 0 Å². The smallest absolute Gasteiger partial charge is 0.302 e. The van der Waals surface area contributed by atoms with Gasteiger partial charge >= 0.3 is 5.97 Å². The van der Waals surface area contributed by atoms with Crippen LogP contribution in [0.25, 0.3) is 0 Å². The maximum Gasteiger partial charge on any atom is 0.302 e. The molecular weight excluding hydrogens is 184 g/mol. The maximum atomic E-state index is 10.1. The van der Waals surface area contributed by atoms with Crippen molar-refractivity contribution in [3.05, 3.63) is 0 Å². The molecule has 0 aliphatic rings. The number of ether oxygens (including phenoxy) is 1. The first-order valence-corrected chi connectivity index (χ1v) is 2.90. The highest BCUT2D eigenvalue weighted by Crippen LogP contribution is 1.86. The van der Waals surface area contributed by atoms with Crippen LogP contribution in [0.1, 0.15) is 26.7 Å². The number of carbonyl (C=O) groups excluding carboxylic acids is 1. The van der Waals surface area contributed by atoms with Crippen LogP contribution in [0.2, 0.25) is 0 Å². The Morgan fingerprint density at radius 1 is 1.56 bits per heavy atom. The highest BCUT2D eigenvalue weighted by atomic mass is 79.9. The van der Waals surface area contributed by atoms with Crippen LogP contribution in [-0.2, 0) is 9.53 Å². The predicted octanol–water partition coefficient (Wildman–Crippen LogP) is 1.93. The molecule has 9 heavy (non-hydrogen) atoms. The Kier molecular flexibility index (Phi) is 10.3. The van der Waals surface area contributed by atoms with Gasteiger partial charge in [0.05, 0.1) is 6.61 Å². The van der Waals surface area contributed by atoms with E-state index >= 15 is 0 Å². The van der Waals surface area contributed by atoms with Gasteiger partial charge in [-0.05, 0) is 6.42 Å². The summed E-state index contributed by atoms with van der Waals surface area (Å²) >= 11 is 0. The number of hydrogen-bond donors (Lipinski definition) is 0. The SMILES string of the molecule is Br.CCCCOC(C)=O. The summed E-state index contributed by atoms with van der Waals surface area (Å²) in [7, 11) is 0. The summed E-state index contributed by atoms with van der Waals surface area (Å²) in [6, 6.07) is 0. The van der Waals surface area contributed by atoms with Gasteiger partial charge in [0.25, 0.3) is 0 Å². The Morgan fingerprint density at radius 3 is 2.44 bits per heavy atom. The molecule has 0 radical (unpaired) electrons. The van der Waals surface area contributed by atoms with Crippen molar-refractivity contribution in [1.82, 2.24) is 0 Å². The molecule has 0 bridgehead atoms. The monoisotopic (exact) mass is 196 g/mol. The second-order valence-corrected chi connectivity index (χ2v) is 1.69. The first kappa shape index (κ1) is 11.7. The van der Waals surface area contributed by atoms with E-state index in [9.17, 15) is 4.79 Å². The van der Waals surface area contributed by atoms with Crippen LogP contribution in [0.5, 0.6) is 0 Å². The molecule has 3 heteroatoms. The average Bonchev–Trinajstić information content (AvgIpc) is 1.66. The van der Waals surface area contributed by atoms with Gasteiger partial charge in [-0.15, -0.1) is 17.0 Å². The second kappa shape index (κ2) is 7.95. The molecule has 0 N–H and O–H groups in total. The van der Waals surface area contributed by atoms with E-state index in [0.29, 0.717) is 6.61 Å². The molecule has 0 aliphatic carbocycles. The van der Waals surface area contributed by atoms with Crippen molar-refractivity contribution in [2.45, 2.75) is 26.7 Å². The summed E-state index contributed by atoms with van der Waals surface area (Å²) in [5.74, 6) is -0.182. The van der Waals surface area contributed by atoms with Crippen LogP contribution in [0.15, 0.2) is 0 Å². The highest BCUT2D eigenvalue weighted by Gasteiger charge is 1.88. The molecule has 2 nitrogen and oxygen atoms in total. The van der Waals surface area contributed by atoms with E-state index in [0.717, 1.165) is 12.8 Å². The number of hydrogen-bond acceptors (Lipinski definition) is 2. The van der Waals surface area contributed by atoms with Gasteiger partial charge in [0.2, 0.25) is 0 Å². The molecule has 0 unspecified atom stereocenters. The van der Waals surface area contributed by atoms with Crippen molar-refractivity contribution in [3.8, 4) is 0 Å². The number of unbranched alkanes of at least 4 members (excludes halogenated alkanes) is 1. The van der Waals surface area contributed by atoms with Gasteiger partial charge in [-0.2, -0.15) is 0 Å². The summed E-state index contributed by atoms with van der Waals surface area (Å²) in [5, 5.41) is 0. The summed E-state index contributed by atoms with van der Waals surface area (Å²) in [4.78, 5) is 10.1. The first-order valence-electron chi connectivity index (χ1n) is 2.90. The Labute approximate surface area is 66.4 Å². The molecular formula is C6H13BrO2. The molecule has 0 atom stereocenters. The fourth-order valence-corrected chi connectivity index (χ4v) is 0.360. The Morgan fingerprint density at radius 2 is 2.11 bits per heavy atom. The highest BCUT2D eigenvalue weighted by molar-refractivity contribution is 8.93. The van der Waals surface area contributed by atoms with Crippen LogP contribution in [0.4, 0.5) is 0 Å². The standard InChI is InChI=1S/C6H12O2.BrH/c1-3-4-5-8-6(2)7;/h3-5H2,1-2H3;1H. The predicted molar refractivity (Wildman–Crippen MR) is 41.9 cm³/mol. The normalized spacial score (nSPS) is 7.78. The van der Waals surface area contributed by atoms with Gasteiger partial charge in [-0.25, -0.2) is 0 Å². The van der Waals surface area contributed by atoms with Crippen LogP contribution < -0.4 is 0 Å². The summed E-state index contributed by atoms with van der Waals surface area (Å²) < 4.78 is 4.64. The van der Waals surface area contributed by atoms with Crippen molar-refractivity contribution in [2.24, 2.45) is 0 Å². The number of rotatable bonds is 3. The first-order chi connectivity index (χ1) is 3.77. The van der Waals surface area contributed by atoms with E-state index in [4.69, 9.17) is 0 Å². The topological polar surface area (TPSA) is 26.3 Å². The lowest BCUT2D eigenvalue weighted by Crippen LogP contribution is -1.99. The molecule has 0 aromatic carbocycles. The Bertz CT molecular complexity index is 73.5. The van der Waals surface area contributed by atoms with E-state index < -0.39 is 0 Å². The van der Waals surface area contributed by atoms with Crippen molar-refractivity contribution in [2.75, 3.05) is 6.61 Å². The van der Waals surface area contributed by atoms with Gasteiger partial charge in [0.15, 0.2) is 0 Å². The third-order valence-corrected chi connectivity index (χ3v) is 0.803. The quantitative estimate of drug-likeness (QED) is 0.510. The van der Waals surface area contributed by atoms with Gasteiger partial charge in [-0.1, -0.05) is 13.3 Å². The van der Waals surface area contributed by atoms with E-state index in [1.807, 2.05) is 0 Å². The summed E-state index contributed by atoms with van der Waals surface area (Å²) in [6.45, 7) is 4.06. The molecule has 0 heterocycles. The van der Waals surface area contributed by atoms with Crippen LogP contribution in [0.3, 0.4) is 0 Å². The lowest BCUT2D eigenvalue weighted by molar-refractivity contribution is -0.141. The molecule has 0 spiro atoms. The molecule has 0 amide bonds.